The molecule has 0 aliphatic heterocycles. The molecule has 3 rings (SSSR count). The van der Waals surface area contributed by atoms with Crippen LogP contribution in [0.5, 0.6) is 5.88 Å². The summed E-state index contributed by atoms with van der Waals surface area (Å²) in [6, 6.07) is 0. The zero-order chi connectivity index (χ0) is 11.1. The summed E-state index contributed by atoms with van der Waals surface area (Å²) in [7, 11) is 1.67. The van der Waals surface area contributed by atoms with Crippen molar-refractivity contribution in [1.82, 2.24) is 19.8 Å². The molecule has 2 aromatic rings. The molecule has 0 saturated heterocycles. The van der Waals surface area contributed by atoms with Gasteiger partial charge in [-0.2, -0.15) is 4.52 Å². The molecular formula is C11H14N4O. The molecule has 1 aliphatic carbocycles. The van der Waals surface area contributed by atoms with Gasteiger partial charge in [-0.05, 0) is 32.6 Å². The van der Waals surface area contributed by atoms with Gasteiger partial charge in [0.2, 0.25) is 5.88 Å². The minimum atomic E-state index is 0.727. The molecular weight excluding hydrogens is 204 g/mol. The second-order valence-electron chi connectivity index (χ2n) is 4.16. The number of methoxy groups -OCH3 is 1. The third kappa shape index (κ3) is 1.20. The molecule has 16 heavy (non-hydrogen) atoms. The first-order valence-electron chi connectivity index (χ1n) is 5.59. The van der Waals surface area contributed by atoms with E-state index in [2.05, 4.69) is 15.3 Å². The van der Waals surface area contributed by atoms with Crippen molar-refractivity contribution in [2.24, 2.45) is 0 Å². The van der Waals surface area contributed by atoms with E-state index in [0.29, 0.717) is 0 Å². The first-order chi connectivity index (χ1) is 7.81. The van der Waals surface area contributed by atoms with E-state index < -0.39 is 0 Å². The van der Waals surface area contributed by atoms with Crippen LogP contribution in [0.1, 0.15) is 29.8 Å². The molecule has 5 heteroatoms. The normalized spacial score (nSPS) is 15.1. The highest BCUT2D eigenvalue weighted by Crippen LogP contribution is 2.30. The predicted molar refractivity (Wildman–Crippen MR) is 58.7 cm³/mol. The lowest BCUT2D eigenvalue weighted by molar-refractivity contribution is 0.380. The van der Waals surface area contributed by atoms with Crippen molar-refractivity contribution in [3.8, 4) is 5.88 Å². The summed E-state index contributed by atoms with van der Waals surface area (Å²) in [6.07, 6.45) is 4.50. The number of hydrogen-bond acceptors (Lipinski definition) is 4. The Kier molecular flexibility index (Phi) is 2.05. The number of fused-ring (bicyclic) bond motifs is 3. The summed E-state index contributed by atoms with van der Waals surface area (Å²) in [5.74, 6) is 1.53. The summed E-state index contributed by atoms with van der Waals surface area (Å²) in [6.45, 7) is 1.90. The topological polar surface area (TPSA) is 52.3 Å². The number of aromatic nitrogens is 4. The molecule has 2 aromatic heterocycles. The minimum Gasteiger partial charge on any atom is -0.480 e. The molecule has 84 valence electrons. The van der Waals surface area contributed by atoms with Crippen LogP contribution in [0.25, 0.3) is 5.65 Å². The van der Waals surface area contributed by atoms with Crippen LogP contribution in [-0.4, -0.2) is 26.9 Å². The average molecular weight is 218 g/mol. The van der Waals surface area contributed by atoms with E-state index in [1.807, 2.05) is 6.92 Å². The molecule has 0 radical (unpaired) electrons. The fourth-order valence-electron chi connectivity index (χ4n) is 2.37. The van der Waals surface area contributed by atoms with E-state index in [1.165, 1.54) is 24.0 Å². The van der Waals surface area contributed by atoms with Gasteiger partial charge in [-0.25, -0.2) is 0 Å². The third-order valence-corrected chi connectivity index (χ3v) is 3.18. The van der Waals surface area contributed by atoms with Crippen molar-refractivity contribution in [2.45, 2.75) is 32.6 Å². The monoisotopic (exact) mass is 218 g/mol. The number of nitrogens with zero attached hydrogens (tertiary/aromatic N) is 4. The summed E-state index contributed by atoms with van der Waals surface area (Å²) >= 11 is 0. The lowest BCUT2D eigenvalue weighted by Gasteiger charge is -2.17. The van der Waals surface area contributed by atoms with Crippen molar-refractivity contribution in [2.75, 3.05) is 7.11 Å². The van der Waals surface area contributed by atoms with E-state index in [4.69, 9.17) is 4.74 Å². The molecule has 2 heterocycles. The standard InChI is InChI=1S/C11H14N4O/c1-7-12-13-10-8-5-3-4-6-9(8)11(16-2)14-15(7)10/h3-6H2,1-2H3. The fraction of sp³-hybridized carbons (Fsp3) is 0.545. The van der Waals surface area contributed by atoms with Crippen LogP contribution >= 0.6 is 0 Å². The van der Waals surface area contributed by atoms with Crippen LogP contribution in [0.3, 0.4) is 0 Å². The highest BCUT2D eigenvalue weighted by molar-refractivity contribution is 5.54. The van der Waals surface area contributed by atoms with Gasteiger partial charge in [0.25, 0.3) is 0 Å². The van der Waals surface area contributed by atoms with E-state index in [0.717, 1.165) is 30.2 Å². The average Bonchev–Trinajstić information content (AvgIpc) is 2.70. The van der Waals surface area contributed by atoms with Gasteiger partial charge in [0, 0.05) is 11.1 Å². The lowest BCUT2D eigenvalue weighted by Crippen LogP contribution is -2.11. The lowest BCUT2D eigenvalue weighted by atomic mass is 9.93. The number of rotatable bonds is 1. The maximum atomic E-state index is 5.36. The Morgan fingerprint density at radius 2 is 1.88 bits per heavy atom. The van der Waals surface area contributed by atoms with Gasteiger partial charge in [-0.3, -0.25) is 0 Å². The van der Waals surface area contributed by atoms with Gasteiger partial charge >= 0.3 is 0 Å². The molecule has 0 bridgehead atoms. The fourth-order valence-corrected chi connectivity index (χ4v) is 2.37. The zero-order valence-corrected chi connectivity index (χ0v) is 9.53. The van der Waals surface area contributed by atoms with E-state index in [9.17, 15) is 0 Å². The van der Waals surface area contributed by atoms with E-state index >= 15 is 0 Å². The second kappa shape index (κ2) is 3.43. The number of hydrogen-bond donors (Lipinski definition) is 0. The van der Waals surface area contributed by atoms with Crippen molar-refractivity contribution in [1.29, 1.82) is 0 Å². The SMILES string of the molecule is COc1nn2c(C)nnc2c2c1CCCC2. The van der Waals surface area contributed by atoms with Gasteiger partial charge < -0.3 is 4.74 Å². The van der Waals surface area contributed by atoms with Crippen LogP contribution in [-0.2, 0) is 12.8 Å². The summed E-state index contributed by atoms with van der Waals surface area (Å²) < 4.78 is 7.14. The summed E-state index contributed by atoms with van der Waals surface area (Å²) in [4.78, 5) is 0. The van der Waals surface area contributed by atoms with Gasteiger partial charge in [0.05, 0.1) is 7.11 Å². The maximum absolute atomic E-state index is 5.36. The number of ether oxygens (including phenoxy) is 1. The molecule has 0 unspecified atom stereocenters. The third-order valence-electron chi connectivity index (χ3n) is 3.18. The van der Waals surface area contributed by atoms with Crippen LogP contribution in [0.15, 0.2) is 0 Å². The largest absolute Gasteiger partial charge is 0.480 e. The first-order valence-corrected chi connectivity index (χ1v) is 5.59. The molecule has 1 aliphatic rings. The molecule has 0 spiro atoms. The highest BCUT2D eigenvalue weighted by atomic mass is 16.5. The smallest absolute Gasteiger partial charge is 0.235 e. The number of aryl methyl sites for hydroxylation is 2. The van der Waals surface area contributed by atoms with Crippen molar-refractivity contribution >= 4 is 5.65 Å². The highest BCUT2D eigenvalue weighted by Gasteiger charge is 2.21. The maximum Gasteiger partial charge on any atom is 0.235 e. The second-order valence-corrected chi connectivity index (χ2v) is 4.16. The Bertz CT molecular complexity index is 546. The first kappa shape index (κ1) is 9.57. The Hall–Kier alpha value is -1.65. The Morgan fingerprint density at radius 1 is 1.12 bits per heavy atom. The molecule has 0 fully saturated rings. The molecule has 0 amide bonds. The summed E-state index contributed by atoms with van der Waals surface area (Å²) in [5, 5.41) is 12.7. The molecule has 5 nitrogen and oxygen atoms in total. The van der Waals surface area contributed by atoms with Crippen molar-refractivity contribution in [3.05, 3.63) is 17.0 Å². The zero-order valence-electron chi connectivity index (χ0n) is 9.53. The van der Waals surface area contributed by atoms with Gasteiger partial charge in [0.15, 0.2) is 11.5 Å². The quantitative estimate of drug-likeness (QED) is 0.724. The van der Waals surface area contributed by atoms with Crippen LogP contribution in [0.2, 0.25) is 0 Å². The summed E-state index contributed by atoms with van der Waals surface area (Å²) in [5.41, 5.74) is 3.38. The van der Waals surface area contributed by atoms with Crippen molar-refractivity contribution < 1.29 is 4.74 Å². The molecule has 0 saturated carbocycles. The molecule has 0 aromatic carbocycles. The predicted octanol–water partition coefficient (Wildman–Crippen LogP) is 1.32. The van der Waals surface area contributed by atoms with Crippen molar-refractivity contribution in [3.63, 3.8) is 0 Å². The van der Waals surface area contributed by atoms with Crippen LogP contribution in [0.4, 0.5) is 0 Å². The van der Waals surface area contributed by atoms with Crippen LogP contribution in [0, 0.1) is 6.92 Å². The Morgan fingerprint density at radius 3 is 2.62 bits per heavy atom. The van der Waals surface area contributed by atoms with E-state index in [1.54, 1.807) is 11.6 Å². The molecule has 0 N–H and O–H groups in total. The minimum absolute atomic E-state index is 0.727. The Balaban J connectivity index is 2.36. The van der Waals surface area contributed by atoms with Gasteiger partial charge in [0.1, 0.15) is 0 Å². The Labute approximate surface area is 93.4 Å². The van der Waals surface area contributed by atoms with Gasteiger partial charge in [-0.15, -0.1) is 15.3 Å². The van der Waals surface area contributed by atoms with E-state index in [-0.39, 0.29) is 0 Å². The van der Waals surface area contributed by atoms with Crippen LogP contribution < -0.4 is 4.74 Å². The van der Waals surface area contributed by atoms with Gasteiger partial charge in [-0.1, -0.05) is 0 Å². The molecule has 0 atom stereocenters.